The molecule has 8 unspecified atom stereocenters. The highest BCUT2D eigenvalue weighted by atomic mass is 16.6. The third-order valence-corrected chi connectivity index (χ3v) is 5.20. The molecule has 0 aromatic heterocycles. The summed E-state index contributed by atoms with van der Waals surface area (Å²) >= 11 is 0. The molecule has 232 valence electrons. The van der Waals surface area contributed by atoms with Crippen molar-refractivity contribution in [2.24, 2.45) is 0 Å². The average Bonchev–Trinajstić information content (AvgIpc) is 2.87. The molecule has 0 amide bonds. The minimum absolute atomic E-state index is 0.0950. The summed E-state index contributed by atoms with van der Waals surface area (Å²) in [6.07, 6.45) is -1.10. The second-order valence-electron chi connectivity index (χ2n) is 10.2. The molecule has 0 aliphatic heterocycles. The van der Waals surface area contributed by atoms with Crippen molar-refractivity contribution in [2.45, 2.75) is 118 Å². The van der Waals surface area contributed by atoms with Gasteiger partial charge in [0.1, 0.15) is 12.7 Å². The molecule has 11 heteroatoms. The van der Waals surface area contributed by atoms with Crippen LogP contribution in [0.15, 0.2) is 0 Å². The third kappa shape index (κ3) is 24.2. The lowest BCUT2D eigenvalue weighted by molar-refractivity contribution is -0.150. The van der Waals surface area contributed by atoms with E-state index in [1.54, 1.807) is 6.92 Å². The van der Waals surface area contributed by atoms with Gasteiger partial charge in [-0.1, -0.05) is 0 Å². The molecule has 0 aliphatic carbocycles. The zero-order valence-electron chi connectivity index (χ0n) is 25.8. The number of carbonyl (C=O) groups excluding carboxylic acids is 2. The van der Waals surface area contributed by atoms with Crippen LogP contribution in [0.2, 0.25) is 0 Å². The molecule has 0 aliphatic rings. The van der Waals surface area contributed by atoms with E-state index >= 15 is 0 Å². The van der Waals surface area contributed by atoms with E-state index in [0.29, 0.717) is 46.2 Å². The van der Waals surface area contributed by atoms with Crippen LogP contribution in [0.5, 0.6) is 0 Å². The number of hydrogen-bond donors (Lipinski definition) is 0. The van der Waals surface area contributed by atoms with Gasteiger partial charge in [-0.05, 0) is 55.4 Å². The van der Waals surface area contributed by atoms with Crippen molar-refractivity contribution in [2.75, 3.05) is 52.9 Å². The number of rotatable bonds is 24. The van der Waals surface area contributed by atoms with Crippen LogP contribution in [0.1, 0.15) is 69.2 Å². The predicted octanol–water partition coefficient (Wildman–Crippen LogP) is 3.34. The molecule has 0 rings (SSSR count). The van der Waals surface area contributed by atoms with Crippen molar-refractivity contribution in [1.29, 1.82) is 0 Å². The number of carbonyl (C=O) groups is 2. The second-order valence-corrected chi connectivity index (χ2v) is 10.2. The smallest absolute Gasteiger partial charge is 0.302 e. The van der Waals surface area contributed by atoms with Crippen molar-refractivity contribution in [3.63, 3.8) is 0 Å². The van der Waals surface area contributed by atoms with Crippen LogP contribution in [-0.4, -0.2) is 114 Å². The van der Waals surface area contributed by atoms with Crippen LogP contribution in [0.3, 0.4) is 0 Å². The fourth-order valence-corrected chi connectivity index (χ4v) is 2.99. The Kier molecular flexibility index (Phi) is 21.6. The molecule has 0 heterocycles. The second kappa shape index (κ2) is 22.4. The Morgan fingerprint density at radius 1 is 0.385 bits per heavy atom. The first-order valence-electron chi connectivity index (χ1n) is 13.9. The maximum Gasteiger partial charge on any atom is 0.302 e. The van der Waals surface area contributed by atoms with E-state index in [4.69, 9.17) is 42.6 Å². The molecule has 0 saturated carbocycles. The summed E-state index contributed by atoms with van der Waals surface area (Å²) < 4.78 is 50.3. The lowest BCUT2D eigenvalue weighted by Crippen LogP contribution is -2.30. The molecule has 0 N–H and O–H groups in total. The quantitative estimate of drug-likeness (QED) is 0.160. The van der Waals surface area contributed by atoms with Crippen molar-refractivity contribution in [3.8, 4) is 0 Å². The van der Waals surface area contributed by atoms with Gasteiger partial charge in [-0.2, -0.15) is 0 Å². The highest BCUT2D eigenvalue weighted by Crippen LogP contribution is 2.05. The van der Waals surface area contributed by atoms with Gasteiger partial charge in [0.25, 0.3) is 0 Å². The third-order valence-electron chi connectivity index (χ3n) is 5.20. The first-order chi connectivity index (χ1) is 18.3. The number of esters is 2. The summed E-state index contributed by atoms with van der Waals surface area (Å²) in [5.41, 5.74) is 0. The summed E-state index contributed by atoms with van der Waals surface area (Å²) in [4.78, 5) is 21.8. The highest BCUT2D eigenvalue weighted by molar-refractivity contribution is 5.66. The molecule has 8 atom stereocenters. The summed E-state index contributed by atoms with van der Waals surface area (Å²) in [6, 6.07) is 0. The Morgan fingerprint density at radius 2 is 0.615 bits per heavy atom. The number of hydrogen-bond acceptors (Lipinski definition) is 11. The minimum atomic E-state index is -0.321. The summed E-state index contributed by atoms with van der Waals surface area (Å²) in [5, 5.41) is 0. The van der Waals surface area contributed by atoms with Gasteiger partial charge in [-0.15, -0.1) is 0 Å². The molecule has 0 saturated heterocycles. The summed E-state index contributed by atoms with van der Waals surface area (Å²) in [6.45, 7) is 21.1. The molecule has 11 nitrogen and oxygen atoms in total. The monoisotopic (exact) mass is 566 g/mol. The molecule has 0 radical (unpaired) electrons. The Hall–Kier alpha value is -1.34. The minimum Gasteiger partial charge on any atom is -0.463 e. The molecule has 39 heavy (non-hydrogen) atoms. The van der Waals surface area contributed by atoms with Crippen LogP contribution in [-0.2, 0) is 52.2 Å². The largest absolute Gasteiger partial charge is 0.463 e. The van der Waals surface area contributed by atoms with Gasteiger partial charge in [0.2, 0.25) is 0 Å². The Morgan fingerprint density at radius 3 is 0.846 bits per heavy atom. The summed E-state index contributed by atoms with van der Waals surface area (Å²) in [7, 11) is 0. The maximum absolute atomic E-state index is 10.9. The summed E-state index contributed by atoms with van der Waals surface area (Å²) in [5.74, 6) is -0.641. The van der Waals surface area contributed by atoms with Crippen LogP contribution < -0.4 is 0 Å². The van der Waals surface area contributed by atoms with Crippen LogP contribution in [0, 0.1) is 0 Å². The standard InChI is InChI=1S/C28H54O11/c1-19(11-32-21(3)13-34-23(5)15-36-25(7)17-38-27(9)29)31-12-20(2)33-14-22(4)35-16-24(6)37-18-26(8)39-28(10)30/h19-26H,11-18H2,1-10H3. The molecule has 0 bridgehead atoms. The van der Waals surface area contributed by atoms with E-state index < -0.39 is 0 Å². The predicted molar refractivity (Wildman–Crippen MR) is 146 cm³/mol. The fraction of sp³-hybridized carbons (Fsp3) is 0.929. The molecular formula is C28H54O11. The molecule has 0 fully saturated rings. The van der Waals surface area contributed by atoms with E-state index in [-0.39, 0.29) is 67.4 Å². The maximum atomic E-state index is 10.9. The zero-order chi connectivity index (χ0) is 29.8. The molecular weight excluding hydrogens is 512 g/mol. The normalized spacial score (nSPS) is 17.9. The van der Waals surface area contributed by atoms with Gasteiger partial charge in [0.05, 0.1) is 89.0 Å². The van der Waals surface area contributed by atoms with E-state index in [9.17, 15) is 9.59 Å². The van der Waals surface area contributed by atoms with E-state index in [1.807, 2.05) is 48.5 Å². The van der Waals surface area contributed by atoms with Crippen molar-refractivity contribution in [1.82, 2.24) is 0 Å². The lowest BCUT2D eigenvalue weighted by Gasteiger charge is -2.23. The van der Waals surface area contributed by atoms with Crippen molar-refractivity contribution < 1.29 is 52.2 Å². The van der Waals surface area contributed by atoms with Gasteiger partial charge < -0.3 is 42.6 Å². The van der Waals surface area contributed by atoms with Gasteiger partial charge in [0.15, 0.2) is 0 Å². The highest BCUT2D eigenvalue weighted by Gasteiger charge is 2.15. The van der Waals surface area contributed by atoms with Gasteiger partial charge in [0, 0.05) is 13.8 Å². The zero-order valence-corrected chi connectivity index (χ0v) is 25.8. The Labute approximate surface area is 235 Å². The topological polar surface area (TPSA) is 117 Å². The van der Waals surface area contributed by atoms with E-state index in [1.165, 1.54) is 13.8 Å². The lowest BCUT2D eigenvalue weighted by atomic mass is 10.3. The first-order valence-corrected chi connectivity index (χ1v) is 13.9. The molecule has 0 spiro atoms. The van der Waals surface area contributed by atoms with Gasteiger partial charge >= 0.3 is 11.9 Å². The van der Waals surface area contributed by atoms with Crippen LogP contribution in [0.25, 0.3) is 0 Å². The van der Waals surface area contributed by atoms with Gasteiger partial charge in [-0.25, -0.2) is 0 Å². The SMILES string of the molecule is CC(=O)OCC(C)OCC(C)OCC(C)OCC(C)OCC(C)OCC(C)OCC(C)OCC(C)OC(C)=O. The molecule has 0 aromatic rings. The van der Waals surface area contributed by atoms with Crippen LogP contribution >= 0.6 is 0 Å². The fourth-order valence-electron chi connectivity index (χ4n) is 2.99. The van der Waals surface area contributed by atoms with Gasteiger partial charge in [-0.3, -0.25) is 9.59 Å². The van der Waals surface area contributed by atoms with Crippen molar-refractivity contribution >= 4 is 11.9 Å². The number of ether oxygens (including phenoxy) is 9. The Balaban J connectivity index is 3.89. The Bertz CT molecular complexity index is 633. The van der Waals surface area contributed by atoms with Crippen LogP contribution in [0.4, 0.5) is 0 Å². The van der Waals surface area contributed by atoms with E-state index in [2.05, 4.69) is 0 Å². The molecule has 0 aromatic carbocycles. The van der Waals surface area contributed by atoms with Crippen molar-refractivity contribution in [3.05, 3.63) is 0 Å². The average molecular weight is 567 g/mol. The first kappa shape index (κ1) is 37.7. The van der Waals surface area contributed by atoms with E-state index in [0.717, 1.165) is 0 Å².